The maximum atomic E-state index is 12.5. The van der Waals surface area contributed by atoms with E-state index in [1.165, 1.54) is 0 Å². The number of aryl methyl sites for hydroxylation is 1. The number of carbonyl (C=O) groups is 2. The fourth-order valence-electron chi connectivity index (χ4n) is 2.45. The first kappa shape index (κ1) is 20.3. The summed E-state index contributed by atoms with van der Waals surface area (Å²) < 4.78 is 5.36. The Bertz CT molecular complexity index is 785. The minimum absolute atomic E-state index is 0.0548. The number of hydrogen-bond donors (Lipinski definition) is 1. The van der Waals surface area contributed by atoms with Crippen molar-refractivity contribution >= 4 is 35.1 Å². The summed E-state index contributed by atoms with van der Waals surface area (Å²) in [4.78, 5) is 25.0. The number of esters is 1. The summed E-state index contributed by atoms with van der Waals surface area (Å²) in [6.07, 6.45) is 0. The van der Waals surface area contributed by atoms with Gasteiger partial charge in [-0.2, -0.15) is 0 Å². The molecular formula is C20H21Cl2NO3. The maximum absolute atomic E-state index is 12.5. The fourth-order valence-corrected chi connectivity index (χ4v) is 2.95. The van der Waals surface area contributed by atoms with Gasteiger partial charge in [-0.25, -0.2) is 4.79 Å². The molecule has 0 aromatic heterocycles. The highest BCUT2D eigenvalue weighted by molar-refractivity contribution is 6.35. The highest BCUT2D eigenvalue weighted by atomic mass is 35.5. The second-order valence-corrected chi connectivity index (χ2v) is 7.13. The van der Waals surface area contributed by atoms with Crippen molar-refractivity contribution < 1.29 is 14.3 Å². The van der Waals surface area contributed by atoms with Gasteiger partial charge in [0.1, 0.15) is 12.6 Å². The van der Waals surface area contributed by atoms with E-state index >= 15 is 0 Å². The van der Waals surface area contributed by atoms with E-state index in [4.69, 9.17) is 27.9 Å². The highest BCUT2D eigenvalue weighted by Gasteiger charge is 2.27. The van der Waals surface area contributed by atoms with E-state index in [0.29, 0.717) is 21.2 Å². The summed E-state index contributed by atoms with van der Waals surface area (Å²) in [5, 5.41) is 3.61. The molecule has 138 valence electrons. The Morgan fingerprint density at radius 1 is 1.04 bits per heavy atom. The molecule has 1 amide bonds. The predicted octanol–water partition coefficient (Wildman–Crippen LogP) is 4.80. The Labute approximate surface area is 163 Å². The van der Waals surface area contributed by atoms with Crippen LogP contribution in [-0.2, 0) is 16.1 Å². The predicted molar refractivity (Wildman–Crippen MR) is 104 cm³/mol. The Morgan fingerprint density at radius 3 is 2.23 bits per heavy atom. The van der Waals surface area contributed by atoms with E-state index in [0.717, 1.165) is 5.56 Å². The Kier molecular flexibility index (Phi) is 7.06. The first-order valence-electron chi connectivity index (χ1n) is 8.27. The zero-order chi connectivity index (χ0) is 19.3. The van der Waals surface area contributed by atoms with Crippen molar-refractivity contribution in [1.82, 2.24) is 5.32 Å². The quantitative estimate of drug-likeness (QED) is 0.716. The van der Waals surface area contributed by atoms with Crippen molar-refractivity contribution in [3.63, 3.8) is 0 Å². The molecule has 0 spiro atoms. The lowest BCUT2D eigenvalue weighted by Gasteiger charge is -2.21. The third kappa shape index (κ3) is 4.99. The number of carbonyl (C=O) groups excluding carboxylic acids is 2. The van der Waals surface area contributed by atoms with Crippen LogP contribution < -0.4 is 5.32 Å². The second-order valence-electron chi connectivity index (χ2n) is 6.32. The molecule has 0 aliphatic heterocycles. The second kappa shape index (κ2) is 9.06. The lowest BCUT2D eigenvalue weighted by Crippen LogP contribution is -2.45. The average molecular weight is 394 g/mol. The van der Waals surface area contributed by atoms with E-state index in [1.54, 1.807) is 30.3 Å². The van der Waals surface area contributed by atoms with E-state index < -0.39 is 12.0 Å². The molecule has 2 aromatic carbocycles. The number of hydrogen-bond acceptors (Lipinski definition) is 3. The van der Waals surface area contributed by atoms with Gasteiger partial charge in [0.05, 0.1) is 0 Å². The van der Waals surface area contributed by atoms with E-state index in [9.17, 15) is 9.59 Å². The zero-order valence-corrected chi connectivity index (χ0v) is 16.4. The van der Waals surface area contributed by atoms with Gasteiger partial charge in [-0.1, -0.05) is 61.3 Å². The summed E-state index contributed by atoms with van der Waals surface area (Å²) >= 11 is 12.2. The van der Waals surface area contributed by atoms with Crippen molar-refractivity contribution in [3.8, 4) is 0 Å². The fraction of sp³-hybridized carbons (Fsp3) is 0.300. The number of rotatable bonds is 6. The van der Waals surface area contributed by atoms with Gasteiger partial charge in [0.25, 0.3) is 5.91 Å². The van der Waals surface area contributed by atoms with E-state index in [1.807, 2.05) is 32.9 Å². The summed E-state index contributed by atoms with van der Waals surface area (Å²) in [6.45, 7) is 5.47. The molecule has 0 aliphatic rings. The number of ether oxygens (including phenoxy) is 1. The first-order chi connectivity index (χ1) is 12.3. The number of nitrogens with one attached hydrogen (secondary N) is 1. The molecule has 26 heavy (non-hydrogen) atoms. The number of benzene rings is 2. The Hall–Kier alpha value is -2.04. The summed E-state index contributed by atoms with van der Waals surface area (Å²) in [7, 11) is 0. The largest absolute Gasteiger partial charge is 0.459 e. The smallest absolute Gasteiger partial charge is 0.329 e. The monoisotopic (exact) mass is 393 g/mol. The third-order valence-corrected chi connectivity index (χ3v) is 4.73. The molecule has 0 bridgehead atoms. The number of amides is 1. The molecule has 0 aliphatic carbocycles. The Balaban J connectivity index is 2.08. The zero-order valence-electron chi connectivity index (χ0n) is 14.9. The lowest BCUT2D eigenvalue weighted by molar-refractivity contribution is -0.148. The SMILES string of the molecule is Cc1ccccc1C(=O)N[C@H](C(=O)OCc1c(Cl)cccc1Cl)C(C)C. The van der Waals surface area contributed by atoms with Crippen LogP contribution >= 0.6 is 23.2 Å². The number of halogens is 2. The van der Waals surface area contributed by atoms with Crippen LogP contribution in [0.4, 0.5) is 0 Å². The summed E-state index contributed by atoms with van der Waals surface area (Å²) in [5.41, 5.74) is 1.90. The van der Waals surface area contributed by atoms with Crippen LogP contribution in [0.2, 0.25) is 10.0 Å². The van der Waals surface area contributed by atoms with Gasteiger partial charge in [-0.3, -0.25) is 4.79 Å². The summed E-state index contributed by atoms with van der Waals surface area (Å²) in [6, 6.07) is 11.5. The molecule has 1 atom stereocenters. The van der Waals surface area contributed by atoms with Crippen molar-refractivity contribution in [2.75, 3.05) is 0 Å². The molecular weight excluding hydrogens is 373 g/mol. The normalized spacial score (nSPS) is 11.9. The highest BCUT2D eigenvalue weighted by Crippen LogP contribution is 2.25. The van der Waals surface area contributed by atoms with Crippen LogP contribution in [0.25, 0.3) is 0 Å². The first-order valence-corrected chi connectivity index (χ1v) is 9.03. The van der Waals surface area contributed by atoms with Crippen LogP contribution in [0.1, 0.15) is 35.3 Å². The minimum Gasteiger partial charge on any atom is -0.459 e. The molecule has 0 unspecified atom stereocenters. The Morgan fingerprint density at radius 2 is 1.65 bits per heavy atom. The topological polar surface area (TPSA) is 55.4 Å². The molecule has 0 fully saturated rings. The molecule has 0 saturated carbocycles. The molecule has 6 heteroatoms. The van der Waals surface area contributed by atoms with Crippen LogP contribution in [0.15, 0.2) is 42.5 Å². The molecule has 2 rings (SSSR count). The van der Waals surface area contributed by atoms with Gasteiger partial charge in [0.2, 0.25) is 0 Å². The molecule has 0 heterocycles. The van der Waals surface area contributed by atoms with Crippen molar-refractivity contribution in [2.45, 2.75) is 33.4 Å². The molecule has 1 N–H and O–H groups in total. The summed E-state index contributed by atoms with van der Waals surface area (Å²) in [5.74, 6) is -0.982. The van der Waals surface area contributed by atoms with E-state index in [2.05, 4.69) is 5.32 Å². The molecule has 0 saturated heterocycles. The van der Waals surface area contributed by atoms with Crippen molar-refractivity contribution in [1.29, 1.82) is 0 Å². The van der Waals surface area contributed by atoms with Gasteiger partial charge in [-0.15, -0.1) is 0 Å². The molecule has 2 aromatic rings. The third-order valence-electron chi connectivity index (χ3n) is 4.02. The van der Waals surface area contributed by atoms with Gasteiger partial charge >= 0.3 is 5.97 Å². The van der Waals surface area contributed by atoms with Crippen LogP contribution in [0, 0.1) is 12.8 Å². The van der Waals surface area contributed by atoms with Gasteiger partial charge < -0.3 is 10.1 Å². The van der Waals surface area contributed by atoms with Gasteiger partial charge in [0, 0.05) is 21.2 Å². The molecule has 0 radical (unpaired) electrons. The van der Waals surface area contributed by atoms with Crippen LogP contribution in [0.5, 0.6) is 0 Å². The minimum atomic E-state index is -0.775. The van der Waals surface area contributed by atoms with Crippen molar-refractivity contribution in [2.24, 2.45) is 5.92 Å². The van der Waals surface area contributed by atoms with Crippen LogP contribution in [0.3, 0.4) is 0 Å². The van der Waals surface area contributed by atoms with Crippen molar-refractivity contribution in [3.05, 3.63) is 69.2 Å². The van der Waals surface area contributed by atoms with Crippen LogP contribution in [-0.4, -0.2) is 17.9 Å². The van der Waals surface area contributed by atoms with E-state index in [-0.39, 0.29) is 18.4 Å². The average Bonchev–Trinajstić information content (AvgIpc) is 2.59. The molecule has 4 nitrogen and oxygen atoms in total. The maximum Gasteiger partial charge on any atom is 0.329 e. The van der Waals surface area contributed by atoms with Gasteiger partial charge in [-0.05, 0) is 36.6 Å². The lowest BCUT2D eigenvalue weighted by atomic mass is 10.0. The van der Waals surface area contributed by atoms with Gasteiger partial charge in [0.15, 0.2) is 0 Å². The standard InChI is InChI=1S/C20H21Cl2NO3/c1-12(2)18(23-19(24)14-8-5-4-7-13(14)3)20(25)26-11-15-16(21)9-6-10-17(15)22/h4-10,12,18H,11H2,1-3H3,(H,23,24)/t18-/m0/s1.